The summed E-state index contributed by atoms with van der Waals surface area (Å²) >= 11 is 1.75. The molecule has 0 aliphatic carbocycles. The lowest BCUT2D eigenvalue weighted by molar-refractivity contribution is 0.577. The molecule has 0 saturated carbocycles. The van der Waals surface area contributed by atoms with Crippen LogP contribution in [0.4, 0.5) is 0 Å². The van der Waals surface area contributed by atoms with Crippen LogP contribution in [0.15, 0.2) is 18.6 Å². The molecule has 2 rings (SSSR count). The second kappa shape index (κ2) is 6.82. The maximum Gasteiger partial charge on any atom is 0.126 e. The first-order valence-electron chi connectivity index (χ1n) is 6.96. The monoisotopic (exact) mass is 278 g/mol. The van der Waals surface area contributed by atoms with Gasteiger partial charge in [0, 0.05) is 35.4 Å². The van der Waals surface area contributed by atoms with Gasteiger partial charge in [0.2, 0.25) is 0 Å². The van der Waals surface area contributed by atoms with E-state index in [1.807, 2.05) is 17.1 Å². The standard InChI is InChI=1S/C14H22N4S/c1-4-6-15-11(3)13-9-16-14(19-13)12-8-17-18(10-12)7-5-2/h8-11,15H,4-7H2,1-3H3. The molecule has 19 heavy (non-hydrogen) atoms. The third-order valence-electron chi connectivity index (χ3n) is 2.98. The minimum atomic E-state index is 0.372. The van der Waals surface area contributed by atoms with Gasteiger partial charge in [-0.2, -0.15) is 5.10 Å². The van der Waals surface area contributed by atoms with Gasteiger partial charge in [0.25, 0.3) is 0 Å². The van der Waals surface area contributed by atoms with E-state index in [-0.39, 0.29) is 0 Å². The van der Waals surface area contributed by atoms with E-state index >= 15 is 0 Å². The van der Waals surface area contributed by atoms with Crippen molar-refractivity contribution in [2.45, 2.75) is 46.2 Å². The average Bonchev–Trinajstić information content (AvgIpc) is 3.04. The van der Waals surface area contributed by atoms with E-state index in [2.05, 4.69) is 42.4 Å². The molecular formula is C14H22N4S. The zero-order valence-corrected chi connectivity index (χ0v) is 12.7. The molecule has 2 aromatic rings. The molecule has 0 fully saturated rings. The molecule has 4 nitrogen and oxygen atoms in total. The van der Waals surface area contributed by atoms with Crippen LogP contribution in [-0.2, 0) is 6.54 Å². The molecule has 0 spiro atoms. The number of aromatic nitrogens is 3. The highest BCUT2D eigenvalue weighted by molar-refractivity contribution is 7.15. The lowest BCUT2D eigenvalue weighted by atomic mass is 10.3. The molecule has 0 aliphatic rings. The smallest absolute Gasteiger partial charge is 0.126 e. The fraction of sp³-hybridized carbons (Fsp3) is 0.571. The summed E-state index contributed by atoms with van der Waals surface area (Å²) in [6.45, 7) is 8.53. The zero-order chi connectivity index (χ0) is 13.7. The zero-order valence-electron chi connectivity index (χ0n) is 11.9. The topological polar surface area (TPSA) is 42.7 Å². The minimum Gasteiger partial charge on any atom is -0.309 e. The summed E-state index contributed by atoms with van der Waals surface area (Å²) in [5, 5.41) is 8.90. The van der Waals surface area contributed by atoms with Crippen molar-refractivity contribution in [3.05, 3.63) is 23.5 Å². The van der Waals surface area contributed by atoms with E-state index in [4.69, 9.17) is 0 Å². The Bertz CT molecular complexity index is 503. The predicted octanol–water partition coefficient (Wildman–Crippen LogP) is 3.48. The second-order valence-electron chi connectivity index (χ2n) is 4.74. The van der Waals surface area contributed by atoms with Crippen molar-refractivity contribution in [2.75, 3.05) is 6.54 Å². The summed E-state index contributed by atoms with van der Waals surface area (Å²) < 4.78 is 1.98. The Hall–Kier alpha value is -1.20. The number of nitrogens with zero attached hydrogens (tertiary/aromatic N) is 3. The Morgan fingerprint density at radius 2 is 2.16 bits per heavy atom. The highest BCUT2D eigenvalue weighted by Crippen LogP contribution is 2.28. The van der Waals surface area contributed by atoms with Gasteiger partial charge in [-0.05, 0) is 26.3 Å². The fourth-order valence-electron chi connectivity index (χ4n) is 1.91. The van der Waals surface area contributed by atoms with E-state index < -0.39 is 0 Å². The minimum absolute atomic E-state index is 0.372. The van der Waals surface area contributed by atoms with Gasteiger partial charge in [-0.15, -0.1) is 11.3 Å². The van der Waals surface area contributed by atoms with E-state index in [0.29, 0.717) is 6.04 Å². The number of nitrogens with one attached hydrogen (secondary N) is 1. The van der Waals surface area contributed by atoms with Crippen molar-refractivity contribution in [3.63, 3.8) is 0 Å². The lowest BCUT2D eigenvalue weighted by Crippen LogP contribution is -2.18. The van der Waals surface area contributed by atoms with E-state index in [0.717, 1.165) is 36.5 Å². The highest BCUT2D eigenvalue weighted by Gasteiger charge is 2.11. The van der Waals surface area contributed by atoms with Crippen molar-refractivity contribution >= 4 is 11.3 Å². The molecule has 0 bridgehead atoms. The van der Waals surface area contributed by atoms with Crippen LogP contribution in [0.5, 0.6) is 0 Å². The predicted molar refractivity (Wildman–Crippen MR) is 80.3 cm³/mol. The maximum atomic E-state index is 4.51. The van der Waals surface area contributed by atoms with Crippen LogP contribution in [0.3, 0.4) is 0 Å². The normalized spacial score (nSPS) is 12.8. The van der Waals surface area contributed by atoms with Crippen molar-refractivity contribution in [1.82, 2.24) is 20.1 Å². The molecule has 5 heteroatoms. The van der Waals surface area contributed by atoms with Crippen molar-refractivity contribution in [3.8, 4) is 10.6 Å². The first-order valence-corrected chi connectivity index (χ1v) is 7.78. The Labute approximate surface area is 118 Å². The van der Waals surface area contributed by atoms with E-state index in [9.17, 15) is 0 Å². The van der Waals surface area contributed by atoms with Gasteiger partial charge >= 0.3 is 0 Å². The first-order chi connectivity index (χ1) is 9.24. The summed E-state index contributed by atoms with van der Waals surface area (Å²) in [5.41, 5.74) is 1.12. The molecular weight excluding hydrogens is 256 g/mol. The molecule has 2 aromatic heterocycles. The molecule has 1 unspecified atom stereocenters. The van der Waals surface area contributed by atoms with Crippen LogP contribution in [0.1, 0.15) is 44.5 Å². The number of rotatable bonds is 7. The number of hydrogen-bond donors (Lipinski definition) is 1. The fourth-order valence-corrected chi connectivity index (χ4v) is 2.82. The molecule has 2 heterocycles. The molecule has 104 valence electrons. The third kappa shape index (κ3) is 3.64. The average molecular weight is 278 g/mol. The highest BCUT2D eigenvalue weighted by atomic mass is 32.1. The molecule has 0 aromatic carbocycles. The number of thiazole rings is 1. The first kappa shape index (κ1) is 14.2. The number of hydrogen-bond acceptors (Lipinski definition) is 4. The quantitative estimate of drug-likeness (QED) is 0.843. The lowest BCUT2D eigenvalue weighted by Gasteiger charge is -2.09. The van der Waals surface area contributed by atoms with Gasteiger partial charge in [0.05, 0.1) is 6.20 Å². The number of aryl methyl sites for hydroxylation is 1. The summed E-state index contributed by atoms with van der Waals surface area (Å²) in [7, 11) is 0. The Kier molecular flexibility index (Phi) is 5.10. The third-order valence-corrected chi connectivity index (χ3v) is 4.21. The second-order valence-corrected chi connectivity index (χ2v) is 5.80. The molecule has 1 N–H and O–H groups in total. The van der Waals surface area contributed by atoms with Gasteiger partial charge in [-0.1, -0.05) is 13.8 Å². The SMILES string of the molecule is CCCNC(C)c1cnc(-c2cnn(CCC)c2)s1. The van der Waals surface area contributed by atoms with Crippen LogP contribution < -0.4 is 5.32 Å². The Morgan fingerprint density at radius 3 is 2.89 bits per heavy atom. The van der Waals surface area contributed by atoms with E-state index in [1.54, 1.807) is 11.3 Å². The summed E-state index contributed by atoms with van der Waals surface area (Å²) in [4.78, 5) is 5.80. The van der Waals surface area contributed by atoms with Crippen LogP contribution >= 0.6 is 11.3 Å². The largest absolute Gasteiger partial charge is 0.309 e. The van der Waals surface area contributed by atoms with Crippen molar-refractivity contribution < 1.29 is 0 Å². The molecule has 0 aliphatic heterocycles. The van der Waals surface area contributed by atoms with Gasteiger partial charge in [-0.3, -0.25) is 4.68 Å². The molecule has 0 radical (unpaired) electrons. The van der Waals surface area contributed by atoms with Gasteiger partial charge < -0.3 is 5.32 Å². The molecule has 0 saturated heterocycles. The van der Waals surface area contributed by atoms with E-state index in [1.165, 1.54) is 4.88 Å². The summed E-state index contributed by atoms with van der Waals surface area (Å²) in [6, 6.07) is 0.372. The Balaban J connectivity index is 2.06. The summed E-state index contributed by atoms with van der Waals surface area (Å²) in [6.07, 6.45) is 8.21. The molecule has 1 atom stereocenters. The van der Waals surface area contributed by atoms with Crippen LogP contribution in [0, 0.1) is 0 Å². The van der Waals surface area contributed by atoms with Gasteiger partial charge in [0.1, 0.15) is 5.01 Å². The maximum absolute atomic E-state index is 4.51. The van der Waals surface area contributed by atoms with Crippen LogP contribution in [0.25, 0.3) is 10.6 Å². The van der Waals surface area contributed by atoms with Crippen LogP contribution in [0.2, 0.25) is 0 Å². The summed E-state index contributed by atoms with van der Waals surface area (Å²) in [5.74, 6) is 0. The Morgan fingerprint density at radius 1 is 1.32 bits per heavy atom. The van der Waals surface area contributed by atoms with Crippen molar-refractivity contribution in [1.29, 1.82) is 0 Å². The van der Waals surface area contributed by atoms with Gasteiger partial charge in [0.15, 0.2) is 0 Å². The van der Waals surface area contributed by atoms with Crippen molar-refractivity contribution in [2.24, 2.45) is 0 Å². The van der Waals surface area contributed by atoms with Gasteiger partial charge in [-0.25, -0.2) is 4.98 Å². The molecule has 0 amide bonds. The van der Waals surface area contributed by atoms with Crippen LogP contribution in [-0.4, -0.2) is 21.3 Å².